The summed E-state index contributed by atoms with van der Waals surface area (Å²) in [6, 6.07) is 0. The topological polar surface area (TPSA) is 69.6 Å². The molecule has 1 aliphatic rings. The van der Waals surface area contributed by atoms with E-state index in [2.05, 4.69) is 5.32 Å². The summed E-state index contributed by atoms with van der Waals surface area (Å²) in [6.45, 7) is 9.08. The number of hydrogen-bond acceptors (Lipinski definition) is 3. The minimum absolute atomic E-state index is 0.0385. The summed E-state index contributed by atoms with van der Waals surface area (Å²) in [5.41, 5.74) is -0.892. The molecule has 1 heterocycles. The van der Waals surface area contributed by atoms with Gasteiger partial charge in [-0.15, -0.1) is 0 Å². The zero-order valence-electron chi connectivity index (χ0n) is 12.4. The van der Waals surface area contributed by atoms with Crippen molar-refractivity contribution in [3.8, 4) is 0 Å². The normalized spacial score (nSPS) is 22.7. The molecule has 2 amide bonds. The van der Waals surface area contributed by atoms with Gasteiger partial charge in [0.25, 0.3) is 0 Å². The fourth-order valence-electron chi connectivity index (χ4n) is 2.63. The van der Waals surface area contributed by atoms with Gasteiger partial charge in [0.2, 0.25) is 11.8 Å². The molecule has 0 aromatic carbocycles. The Morgan fingerprint density at radius 2 is 2.21 bits per heavy atom. The van der Waals surface area contributed by atoms with Gasteiger partial charge in [0, 0.05) is 26.1 Å². The second-order valence-corrected chi connectivity index (χ2v) is 6.15. The second kappa shape index (κ2) is 6.37. The van der Waals surface area contributed by atoms with Crippen molar-refractivity contribution in [2.24, 2.45) is 11.8 Å². The van der Waals surface area contributed by atoms with Gasteiger partial charge in [0.1, 0.15) is 0 Å². The number of nitrogens with zero attached hydrogens (tertiary/aromatic N) is 1. The van der Waals surface area contributed by atoms with Crippen molar-refractivity contribution >= 4 is 11.8 Å². The van der Waals surface area contributed by atoms with E-state index < -0.39 is 5.60 Å². The van der Waals surface area contributed by atoms with Crippen molar-refractivity contribution in [1.82, 2.24) is 10.2 Å². The SMILES string of the molecule is CCN1CC(C(=O)NCC(C)(O)CC(C)C)CC1=O. The molecule has 1 aliphatic heterocycles. The van der Waals surface area contributed by atoms with Crippen LogP contribution in [0.25, 0.3) is 0 Å². The molecule has 19 heavy (non-hydrogen) atoms. The van der Waals surface area contributed by atoms with Gasteiger partial charge in [0.15, 0.2) is 0 Å². The predicted octanol–water partition coefficient (Wildman–Crippen LogP) is 0.768. The van der Waals surface area contributed by atoms with Gasteiger partial charge in [-0.05, 0) is 26.2 Å². The van der Waals surface area contributed by atoms with E-state index in [1.54, 1.807) is 11.8 Å². The fraction of sp³-hybridized carbons (Fsp3) is 0.857. The molecule has 1 fully saturated rings. The maximum Gasteiger partial charge on any atom is 0.225 e. The van der Waals surface area contributed by atoms with Crippen LogP contribution in [-0.2, 0) is 9.59 Å². The fourth-order valence-corrected chi connectivity index (χ4v) is 2.63. The lowest BCUT2D eigenvalue weighted by Crippen LogP contribution is -2.44. The third-order valence-corrected chi connectivity index (χ3v) is 3.46. The summed E-state index contributed by atoms with van der Waals surface area (Å²) in [4.78, 5) is 25.2. The van der Waals surface area contributed by atoms with Gasteiger partial charge in [-0.3, -0.25) is 9.59 Å². The van der Waals surface area contributed by atoms with Gasteiger partial charge in [-0.1, -0.05) is 13.8 Å². The van der Waals surface area contributed by atoms with Crippen LogP contribution in [0.4, 0.5) is 0 Å². The first-order valence-corrected chi connectivity index (χ1v) is 7.03. The molecule has 5 nitrogen and oxygen atoms in total. The molecule has 1 saturated heterocycles. The lowest BCUT2D eigenvalue weighted by molar-refractivity contribution is -0.129. The first-order chi connectivity index (χ1) is 8.75. The molecule has 0 aromatic heterocycles. The Hall–Kier alpha value is -1.10. The molecule has 0 aliphatic carbocycles. The van der Waals surface area contributed by atoms with E-state index in [4.69, 9.17) is 0 Å². The van der Waals surface area contributed by atoms with Crippen LogP contribution in [0.1, 0.15) is 40.5 Å². The molecule has 2 unspecified atom stereocenters. The molecular weight excluding hydrogens is 244 g/mol. The summed E-state index contributed by atoms with van der Waals surface area (Å²) in [5, 5.41) is 12.9. The van der Waals surface area contributed by atoms with Gasteiger partial charge < -0.3 is 15.3 Å². The van der Waals surface area contributed by atoms with Gasteiger partial charge in [0.05, 0.1) is 11.5 Å². The zero-order valence-corrected chi connectivity index (χ0v) is 12.4. The minimum Gasteiger partial charge on any atom is -0.388 e. The minimum atomic E-state index is -0.892. The zero-order chi connectivity index (χ0) is 14.6. The Morgan fingerprint density at radius 3 is 2.68 bits per heavy atom. The largest absolute Gasteiger partial charge is 0.388 e. The maximum atomic E-state index is 12.0. The standard InChI is InChI=1S/C14H26N2O3/c1-5-16-8-11(6-12(16)17)13(18)15-9-14(4,19)7-10(2)3/h10-11,19H,5-9H2,1-4H3,(H,15,18). The molecule has 0 saturated carbocycles. The van der Waals surface area contributed by atoms with Crippen molar-refractivity contribution < 1.29 is 14.7 Å². The lowest BCUT2D eigenvalue weighted by atomic mass is 9.94. The van der Waals surface area contributed by atoms with Gasteiger partial charge in [-0.25, -0.2) is 0 Å². The van der Waals surface area contributed by atoms with Crippen molar-refractivity contribution in [3.05, 3.63) is 0 Å². The smallest absolute Gasteiger partial charge is 0.225 e. The summed E-state index contributed by atoms with van der Waals surface area (Å²) < 4.78 is 0. The highest BCUT2D eigenvalue weighted by Gasteiger charge is 2.34. The molecule has 0 radical (unpaired) electrons. The van der Waals surface area contributed by atoms with E-state index in [1.165, 1.54) is 0 Å². The molecule has 0 spiro atoms. The Bertz CT molecular complexity index is 340. The highest BCUT2D eigenvalue weighted by atomic mass is 16.3. The molecule has 2 N–H and O–H groups in total. The third-order valence-electron chi connectivity index (χ3n) is 3.46. The molecule has 0 aromatic rings. The van der Waals surface area contributed by atoms with Crippen LogP contribution in [0.5, 0.6) is 0 Å². The number of nitrogens with one attached hydrogen (secondary N) is 1. The number of hydrogen-bond donors (Lipinski definition) is 2. The van der Waals surface area contributed by atoms with E-state index in [1.807, 2.05) is 20.8 Å². The first kappa shape index (κ1) is 16.0. The number of aliphatic hydroxyl groups is 1. The lowest BCUT2D eigenvalue weighted by Gasteiger charge is -2.26. The van der Waals surface area contributed by atoms with Crippen LogP contribution in [-0.4, -0.2) is 47.1 Å². The average Bonchev–Trinajstić information content (AvgIpc) is 2.66. The first-order valence-electron chi connectivity index (χ1n) is 7.03. The molecule has 1 rings (SSSR count). The monoisotopic (exact) mass is 270 g/mol. The highest BCUT2D eigenvalue weighted by molar-refractivity contribution is 5.89. The predicted molar refractivity (Wildman–Crippen MR) is 73.4 cm³/mol. The quantitative estimate of drug-likeness (QED) is 0.749. The van der Waals surface area contributed by atoms with E-state index >= 15 is 0 Å². The third kappa shape index (κ3) is 4.82. The van der Waals surface area contributed by atoms with Crippen molar-refractivity contribution in [1.29, 1.82) is 0 Å². The Morgan fingerprint density at radius 1 is 1.58 bits per heavy atom. The number of amides is 2. The van der Waals surface area contributed by atoms with Crippen LogP contribution in [0.3, 0.4) is 0 Å². The summed E-state index contributed by atoms with van der Waals surface area (Å²) >= 11 is 0. The van der Waals surface area contributed by atoms with Crippen LogP contribution in [0.15, 0.2) is 0 Å². The Kier molecular flexibility index (Phi) is 5.35. The number of carbonyl (C=O) groups excluding carboxylic acids is 2. The Labute approximate surface area is 115 Å². The van der Waals surface area contributed by atoms with Crippen molar-refractivity contribution in [2.75, 3.05) is 19.6 Å². The van der Waals surface area contributed by atoms with Crippen LogP contribution in [0, 0.1) is 11.8 Å². The molecule has 2 atom stereocenters. The van der Waals surface area contributed by atoms with Crippen molar-refractivity contribution in [2.45, 2.75) is 46.1 Å². The maximum absolute atomic E-state index is 12.0. The van der Waals surface area contributed by atoms with E-state index in [0.29, 0.717) is 25.4 Å². The van der Waals surface area contributed by atoms with Crippen LogP contribution < -0.4 is 5.32 Å². The van der Waals surface area contributed by atoms with E-state index in [0.717, 1.165) is 0 Å². The number of carbonyl (C=O) groups is 2. The van der Waals surface area contributed by atoms with Crippen LogP contribution >= 0.6 is 0 Å². The second-order valence-electron chi connectivity index (χ2n) is 6.15. The van der Waals surface area contributed by atoms with Crippen molar-refractivity contribution in [3.63, 3.8) is 0 Å². The molecule has 110 valence electrons. The van der Waals surface area contributed by atoms with Gasteiger partial charge in [-0.2, -0.15) is 0 Å². The molecule has 5 heteroatoms. The summed E-state index contributed by atoms with van der Waals surface area (Å²) in [5.74, 6) is 0.00256. The molecule has 0 bridgehead atoms. The molecular formula is C14H26N2O3. The highest BCUT2D eigenvalue weighted by Crippen LogP contribution is 2.19. The summed E-state index contributed by atoms with van der Waals surface area (Å²) in [6.07, 6.45) is 0.921. The van der Waals surface area contributed by atoms with Crippen LogP contribution in [0.2, 0.25) is 0 Å². The van der Waals surface area contributed by atoms with E-state index in [9.17, 15) is 14.7 Å². The van der Waals surface area contributed by atoms with Gasteiger partial charge >= 0.3 is 0 Å². The Balaban J connectivity index is 2.42. The van der Waals surface area contributed by atoms with E-state index in [-0.39, 0.29) is 30.7 Å². The number of likely N-dealkylation sites (tertiary alicyclic amines) is 1. The summed E-state index contributed by atoms with van der Waals surface area (Å²) in [7, 11) is 0. The average molecular weight is 270 g/mol. The number of rotatable bonds is 6.